The lowest BCUT2D eigenvalue weighted by Crippen LogP contribution is -2.29. The van der Waals surface area contributed by atoms with Crippen LogP contribution in [0.25, 0.3) is 0 Å². The van der Waals surface area contributed by atoms with Crippen molar-refractivity contribution in [1.29, 1.82) is 0 Å². The van der Waals surface area contributed by atoms with E-state index in [9.17, 15) is 0 Å². The van der Waals surface area contributed by atoms with Crippen LogP contribution in [0.15, 0.2) is 30.5 Å². The number of aromatic nitrogens is 2. The first-order valence-electron chi connectivity index (χ1n) is 8.59. The highest BCUT2D eigenvalue weighted by atomic mass is 16.5. The molecule has 0 radical (unpaired) electrons. The highest BCUT2D eigenvalue weighted by Gasteiger charge is 2.33. The molecule has 1 aromatic carbocycles. The zero-order valence-corrected chi connectivity index (χ0v) is 14.7. The van der Waals surface area contributed by atoms with Gasteiger partial charge in [0, 0.05) is 36.8 Å². The number of rotatable bonds is 5. The molecule has 0 amide bonds. The molecular weight excluding hydrogens is 300 g/mol. The molecule has 1 saturated heterocycles. The summed E-state index contributed by atoms with van der Waals surface area (Å²) in [4.78, 5) is 11.4. The normalized spacial score (nSPS) is 20.4. The van der Waals surface area contributed by atoms with Crippen LogP contribution >= 0.6 is 0 Å². The van der Waals surface area contributed by atoms with Gasteiger partial charge >= 0.3 is 0 Å². The van der Waals surface area contributed by atoms with E-state index >= 15 is 0 Å². The molecular formula is C19H26N4O. The van der Waals surface area contributed by atoms with E-state index in [1.165, 1.54) is 11.1 Å². The number of nitrogens with two attached hydrogens (primary N) is 1. The van der Waals surface area contributed by atoms with E-state index in [1.807, 2.05) is 25.3 Å². The van der Waals surface area contributed by atoms with Crippen LogP contribution in [0.1, 0.15) is 36.2 Å². The predicted molar refractivity (Wildman–Crippen MR) is 96.7 cm³/mol. The fraction of sp³-hybridized carbons (Fsp3) is 0.474. The molecule has 5 nitrogen and oxygen atoms in total. The third-order valence-corrected chi connectivity index (χ3v) is 4.69. The van der Waals surface area contributed by atoms with Crippen LogP contribution in [0.5, 0.6) is 5.75 Å². The average molecular weight is 326 g/mol. The van der Waals surface area contributed by atoms with E-state index in [0.29, 0.717) is 5.92 Å². The van der Waals surface area contributed by atoms with E-state index in [4.69, 9.17) is 15.5 Å². The van der Waals surface area contributed by atoms with Gasteiger partial charge in [0.1, 0.15) is 17.4 Å². The van der Waals surface area contributed by atoms with E-state index in [-0.39, 0.29) is 6.04 Å². The Hall–Kier alpha value is -2.14. The first kappa shape index (κ1) is 16.7. The minimum absolute atomic E-state index is 0.100. The number of methoxy groups -OCH3 is 1. The van der Waals surface area contributed by atoms with Gasteiger partial charge in [0.05, 0.1) is 7.11 Å². The zero-order valence-electron chi connectivity index (χ0n) is 14.7. The Morgan fingerprint density at radius 1 is 1.25 bits per heavy atom. The van der Waals surface area contributed by atoms with Crippen molar-refractivity contribution in [3.63, 3.8) is 0 Å². The molecule has 2 unspecified atom stereocenters. The van der Waals surface area contributed by atoms with Gasteiger partial charge in [0.15, 0.2) is 0 Å². The van der Waals surface area contributed by atoms with Crippen LogP contribution in [-0.4, -0.2) is 36.2 Å². The molecule has 0 saturated carbocycles. The van der Waals surface area contributed by atoms with Crippen molar-refractivity contribution in [2.45, 2.75) is 38.6 Å². The van der Waals surface area contributed by atoms with Gasteiger partial charge < -0.3 is 15.4 Å². The molecule has 24 heavy (non-hydrogen) atoms. The lowest BCUT2D eigenvalue weighted by atomic mass is 9.95. The summed E-state index contributed by atoms with van der Waals surface area (Å²) < 4.78 is 5.25. The highest BCUT2D eigenvalue weighted by molar-refractivity contribution is 5.49. The number of ether oxygens (including phenoxy) is 1. The van der Waals surface area contributed by atoms with Gasteiger partial charge in [-0.1, -0.05) is 25.5 Å². The molecule has 1 aliphatic heterocycles. The quantitative estimate of drug-likeness (QED) is 0.915. The average Bonchev–Trinajstić information content (AvgIpc) is 2.98. The second-order valence-corrected chi connectivity index (χ2v) is 6.46. The van der Waals surface area contributed by atoms with Crippen LogP contribution in [0.4, 0.5) is 5.82 Å². The zero-order chi connectivity index (χ0) is 17.1. The van der Waals surface area contributed by atoms with Gasteiger partial charge in [-0.05, 0) is 31.0 Å². The van der Waals surface area contributed by atoms with Gasteiger partial charge in [-0.2, -0.15) is 0 Å². The van der Waals surface area contributed by atoms with Crippen molar-refractivity contribution < 1.29 is 4.74 Å². The monoisotopic (exact) mass is 326 g/mol. The Morgan fingerprint density at radius 2 is 2.00 bits per heavy atom. The van der Waals surface area contributed by atoms with Gasteiger partial charge in [0.25, 0.3) is 0 Å². The molecule has 0 bridgehead atoms. The number of nitrogens with zero attached hydrogens (tertiary/aromatic N) is 3. The summed E-state index contributed by atoms with van der Waals surface area (Å²) in [5.41, 5.74) is 8.93. The molecule has 2 heterocycles. The second kappa shape index (κ2) is 7.18. The summed E-state index contributed by atoms with van der Waals surface area (Å²) in [6, 6.07) is 8.34. The van der Waals surface area contributed by atoms with Crippen molar-refractivity contribution in [2.75, 3.05) is 25.1 Å². The van der Waals surface area contributed by atoms with Crippen LogP contribution in [0.3, 0.4) is 0 Å². The lowest BCUT2D eigenvalue weighted by molar-refractivity contribution is 0.414. The Bertz CT molecular complexity index is 686. The molecule has 3 rings (SSSR count). The smallest absolute Gasteiger partial charge is 0.135 e. The number of benzene rings is 1. The predicted octanol–water partition coefficient (Wildman–Crippen LogP) is 2.68. The fourth-order valence-corrected chi connectivity index (χ4v) is 3.41. The standard InChI is InChI=1S/C19H26N4O/c1-4-5-15-10-21-13(2)22-19(15)23-11-17(18(20)12-23)14-6-8-16(24-3)9-7-14/h6-10,17-18H,4-5,11-12,20H2,1-3H3. The Morgan fingerprint density at radius 3 is 2.67 bits per heavy atom. The first-order chi connectivity index (χ1) is 11.6. The maximum Gasteiger partial charge on any atom is 0.135 e. The van der Waals surface area contributed by atoms with Gasteiger partial charge in [0.2, 0.25) is 0 Å². The molecule has 1 aromatic heterocycles. The topological polar surface area (TPSA) is 64.3 Å². The molecule has 2 atom stereocenters. The summed E-state index contributed by atoms with van der Waals surface area (Å²) in [5.74, 6) is 3.04. The molecule has 128 valence electrons. The summed E-state index contributed by atoms with van der Waals surface area (Å²) in [6.07, 6.45) is 4.04. The van der Waals surface area contributed by atoms with Gasteiger partial charge in [-0.3, -0.25) is 0 Å². The Kier molecular flexibility index (Phi) is 5.00. The minimum Gasteiger partial charge on any atom is -0.497 e. The van der Waals surface area contributed by atoms with Gasteiger partial charge in [-0.25, -0.2) is 9.97 Å². The van der Waals surface area contributed by atoms with Crippen LogP contribution in [0, 0.1) is 6.92 Å². The lowest BCUT2D eigenvalue weighted by Gasteiger charge is -2.21. The molecule has 1 fully saturated rings. The van der Waals surface area contributed by atoms with Crippen molar-refractivity contribution >= 4 is 5.82 Å². The van der Waals surface area contributed by atoms with Crippen molar-refractivity contribution in [1.82, 2.24) is 9.97 Å². The Labute approximate surface area is 143 Å². The summed E-state index contributed by atoms with van der Waals surface area (Å²) in [6.45, 7) is 5.83. The Balaban J connectivity index is 1.83. The van der Waals surface area contributed by atoms with Crippen LogP contribution < -0.4 is 15.4 Å². The SMILES string of the molecule is CCCc1cnc(C)nc1N1CC(N)C(c2ccc(OC)cc2)C1. The number of hydrogen-bond acceptors (Lipinski definition) is 5. The third kappa shape index (κ3) is 3.36. The largest absolute Gasteiger partial charge is 0.497 e. The van der Waals surface area contributed by atoms with E-state index < -0.39 is 0 Å². The second-order valence-electron chi connectivity index (χ2n) is 6.46. The van der Waals surface area contributed by atoms with Crippen molar-refractivity contribution in [3.05, 3.63) is 47.4 Å². The van der Waals surface area contributed by atoms with E-state index in [0.717, 1.165) is 43.3 Å². The maximum atomic E-state index is 6.46. The molecule has 2 N–H and O–H groups in total. The van der Waals surface area contributed by atoms with Crippen LogP contribution in [-0.2, 0) is 6.42 Å². The highest BCUT2D eigenvalue weighted by Crippen LogP contribution is 2.32. The third-order valence-electron chi connectivity index (χ3n) is 4.69. The van der Waals surface area contributed by atoms with Crippen molar-refractivity contribution in [3.8, 4) is 5.75 Å². The molecule has 1 aliphatic rings. The molecule has 0 spiro atoms. The number of hydrogen-bond donors (Lipinski definition) is 1. The van der Waals surface area contributed by atoms with E-state index in [2.05, 4.69) is 28.9 Å². The summed E-state index contributed by atoms with van der Waals surface area (Å²) in [7, 11) is 1.69. The summed E-state index contributed by atoms with van der Waals surface area (Å²) in [5, 5.41) is 0. The maximum absolute atomic E-state index is 6.46. The van der Waals surface area contributed by atoms with Gasteiger partial charge in [-0.15, -0.1) is 0 Å². The molecule has 0 aliphatic carbocycles. The first-order valence-corrected chi connectivity index (χ1v) is 8.59. The number of anilines is 1. The summed E-state index contributed by atoms with van der Waals surface area (Å²) >= 11 is 0. The molecule has 5 heteroatoms. The minimum atomic E-state index is 0.100. The van der Waals surface area contributed by atoms with Crippen molar-refractivity contribution in [2.24, 2.45) is 5.73 Å². The van der Waals surface area contributed by atoms with Crippen LogP contribution in [0.2, 0.25) is 0 Å². The fourth-order valence-electron chi connectivity index (χ4n) is 3.41. The number of aryl methyl sites for hydroxylation is 2. The molecule has 2 aromatic rings. The van der Waals surface area contributed by atoms with E-state index in [1.54, 1.807) is 7.11 Å².